The number of rotatable bonds is 6. The average molecular weight is 468 g/mol. The number of nitrogens with zero attached hydrogens (tertiary/aromatic N) is 3. The largest absolute Gasteiger partial charge is 0.338 e. The van der Waals surface area contributed by atoms with Gasteiger partial charge in [-0.2, -0.15) is 0 Å². The Hall–Kier alpha value is -1.49. The number of amides is 1. The zero-order chi connectivity index (χ0) is 20.6. The second kappa shape index (κ2) is 8.33. The van der Waals surface area contributed by atoms with E-state index < -0.39 is 9.84 Å². The van der Waals surface area contributed by atoms with Crippen LogP contribution >= 0.6 is 34.4 Å². The molecule has 3 aromatic rings. The van der Waals surface area contributed by atoms with Crippen molar-refractivity contribution in [2.24, 2.45) is 0 Å². The molecule has 1 aliphatic rings. The Kier molecular flexibility index (Phi) is 5.97. The normalized spacial score (nSPS) is 18.3. The highest BCUT2D eigenvalue weighted by molar-refractivity contribution is 8.00. The van der Waals surface area contributed by atoms with Gasteiger partial charge in [-0.05, 0) is 31.7 Å². The van der Waals surface area contributed by atoms with Gasteiger partial charge in [-0.25, -0.2) is 18.4 Å². The number of hydrogen-bond acceptors (Lipinski definition) is 8. The number of hydrogen-bond donors (Lipinski definition) is 0. The molecule has 4 rings (SSSR count). The molecule has 0 radical (unpaired) electrons. The second-order valence-corrected chi connectivity index (χ2v) is 11.9. The van der Waals surface area contributed by atoms with E-state index in [0.717, 1.165) is 25.7 Å². The maximum atomic E-state index is 12.9. The molecule has 4 heterocycles. The molecule has 0 spiro atoms. The summed E-state index contributed by atoms with van der Waals surface area (Å²) >= 11 is 4.66. The number of sulfone groups is 1. The molecule has 1 aliphatic heterocycles. The van der Waals surface area contributed by atoms with Crippen molar-refractivity contribution in [2.45, 2.75) is 31.3 Å². The van der Waals surface area contributed by atoms with E-state index in [1.54, 1.807) is 27.6 Å². The highest BCUT2D eigenvalue weighted by Gasteiger charge is 2.33. The first kappa shape index (κ1) is 20.8. The van der Waals surface area contributed by atoms with E-state index in [-0.39, 0.29) is 29.2 Å². The molecule has 0 bridgehead atoms. The fraction of sp³-hybridized carbons (Fsp3) is 0.421. The summed E-state index contributed by atoms with van der Waals surface area (Å²) in [6, 6.07) is 3.88. The summed E-state index contributed by atoms with van der Waals surface area (Å²) in [7, 11) is -3.03. The van der Waals surface area contributed by atoms with Crippen LogP contribution < -0.4 is 0 Å². The molecule has 0 aliphatic carbocycles. The summed E-state index contributed by atoms with van der Waals surface area (Å²) in [5, 5.41) is 5.94. The van der Waals surface area contributed by atoms with Crippen LogP contribution in [-0.4, -0.2) is 59.0 Å². The minimum absolute atomic E-state index is 0.0445. The van der Waals surface area contributed by atoms with Crippen LogP contribution in [0.5, 0.6) is 0 Å². The predicted molar refractivity (Wildman–Crippen MR) is 121 cm³/mol. The van der Waals surface area contributed by atoms with Crippen molar-refractivity contribution in [3.63, 3.8) is 0 Å². The van der Waals surface area contributed by atoms with Crippen LogP contribution in [0.3, 0.4) is 0 Å². The molecule has 1 fully saturated rings. The van der Waals surface area contributed by atoms with Crippen molar-refractivity contribution in [1.82, 2.24) is 14.9 Å². The van der Waals surface area contributed by atoms with Gasteiger partial charge in [-0.15, -0.1) is 22.7 Å². The molecule has 29 heavy (non-hydrogen) atoms. The summed E-state index contributed by atoms with van der Waals surface area (Å²) in [5.74, 6) is 1.11. The van der Waals surface area contributed by atoms with Crippen LogP contribution in [0.1, 0.15) is 19.2 Å². The molecule has 0 saturated carbocycles. The van der Waals surface area contributed by atoms with Gasteiger partial charge in [0.05, 0.1) is 22.6 Å². The van der Waals surface area contributed by atoms with Crippen LogP contribution in [0.4, 0.5) is 0 Å². The number of aromatic nitrogens is 2. The average Bonchev–Trinajstić information content (AvgIpc) is 3.39. The van der Waals surface area contributed by atoms with E-state index in [2.05, 4.69) is 21.4 Å². The van der Waals surface area contributed by atoms with Gasteiger partial charge in [0.2, 0.25) is 5.91 Å². The summed E-state index contributed by atoms with van der Waals surface area (Å²) in [6.45, 7) is 4.27. The second-order valence-electron chi connectivity index (χ2n) is 6.91. The number of aryl methyl sites for hydroxylation is 1. The van der Waals surface area contributed by atoms with Crippen molar-refractivity contribution in [2.75, 3.05) is 23.8 Å². The third kappa shape index (κ3) is 4.35. The quantitative estimate of drug-likeness (QED) is 0.405. The minimum atomic E-state index is -3.03. The molecule has 1 saturated heterocycles. The lowest BCUT2D eigenvalue weighted by Gasteiger charge is -2.26. The lowest BCUT2D eigenvalue weighted by Crippen LogP contribution is -2.41. The Morgan fingerprint density at radius 3 is 2.83 bits per heavy atom. The molecule has 3 aromatic heterocycles. The van der Waals surface area contributed by atoms with Crippen LogP contribution in [0.25, 0.3) is 20.7 Å². The minimum Gasteiger partial charge on any atom is -0.338 e. The predicted octanol–water partition coefficient (Wildman–Crippen LogP) is 3.86. The summed E-state index contributed by atoms with van der Waals surface area (Å²) in [5.41, 5.74) is 1.10. The number of thiophene rings is 2. The Balaban J connectivity index is 1.58. The SMILES string of the molecule is CCN(C(=O)CSc1nc(C)nc2scc(-c3cccs3)c12)[C@@H]1CCS(=O)(=O)C1. The Labute approximate surface area is 182 Å². The number of carbonyl (C=O) groups excluding carboxylic acids is 1. The zero-order valence-corrected chi connectivity index (χ0v) is 19.4. The molecule has 1 amide bonds. The number of thioether (sulfide) groups is 1. The fourth-order valence-corrected chi connectivity index (χ4v) is 8.18. The molecule has 0 N–H and O–H groups in total. The van der Waals surface area contributed by atoms with E-state index in [1.165, 1.54) is 11.8 Å². The monoisotopic (exact) mass is 467 g/mol. The molecule has 0 aromatic carbocycles. The van der Waals surface area contributed by atoms with Gasteiger partial charge in [0.15, 0.2) is 9.84 Å². The van der Waals surface area contributed by atoms with Crippen molar-refractivity contribution in [3.05, 3.63) is 28.7 Å². The van der Waals surface area contributed by atoms with Crippen molar-refractivity contribution in [1.29, 1.82) is 0 Å². The maximum Gasteiger partial charge on any atom is 0.233 e. The van der Waals surface area contributed by atoms with Crippen LogP contribution in [0.2, 0.25) is 0 Å². The lowest BCUT2D eigenvalue weighted by molar-refractivity contribution is -0.129. The van der Waals surface area contributed by atoms with E-state index in [1.807, 2.05) is 25.3 Å². The Morgan fingerprint density at radius 2 is 2.17 bits per heavy atom. The first-order valence-corrected chi connectivity index (χ1v) is 13.9. The van der Waals surface area contributed by atoms with Gasteiger partial charge in [-0.3, -0.25) is 4.79 Å². The van der Waals surface area contributed by atoms with Crippen LogP contribution in [-0.2, 0) is 14.6 Å². The summed E-state index contributed by atoms with van der Waals surface area (Å²) in [6.07, 6.45) is 0.524. The van der Waals surface area contributed by atoms with Crippen molar-refractivity contribution >= 4 is 60.4 Å². The smallest absolute Gasteiger partial charge is 0.233 e. The zero-order valence-electron chi connectivity index (χ0n) is 16.1. The van der Waals surface area contributed by atoms with E-state index >= 15 is 0 Å². The van der Waals surface area contributed by atoms with Gasteiger partial charge in [0.1, 0.15) is 15.7 Å². The first-order chi connectivity index (χ1) is 13.9. The topological polar surface area (TPSA) is 80.2 Å². The molecule has 10 heteroatoms. The summed E-state index contributed by atoms with van der Waals surface area (Å²) in [4.78, 5) is 25.9. The molecular weight excluding hydrogens is 446 g/mol. The highest BCUT2D eigenvalue weighted by atomic mass is 32.2. The van der Waals surface area contributed by atoms with E-state index in [4.69, 9.17) is 0 Å². The van der Waals surface area contributed by atoms with Gasteiger partial charge in [0.25, 0.3) is 0 Å². The van der Waals surface area contributed by atoms with Gasteiger partial charge >= 0.3 is 0 Å². The van der Waals surface area contributed by atoms with Gasteiger partial charge < -0.3 is 4.90 Å². The molecule has 0 unspecified atom stereocenters. The van der Waals surface area contributed by atoms with Crippen LogP contribution in [0, 0.1) is 6.92 Å². The van der Waals surface area contributed by atoms with Crippen LogP contribution in [0.15, 0.2) is 27.9 Å². The molecule has 6 nitrogen and oxygen atoms in total. The molecule has 154 valence electrons. The van der Waals surface area contributed by atoms with E-state index in [0.29, 0.717) is 18.8 Å². The van der Waals surface area contributed by atoms with Gasteiger partial charge in [0, 0.05) is 28.4 Å². The number of fused-ring (bicyclic) bond motifs is 1. The molecular formula is C19H21N3O3S4. The van der Waals surface area contributed by atoms with E-state index in [9.17, 15) is 13.2 Å². The third-order valence-electron chi connectivity index (χ3n) is 4.94. The summed E-state index contributed by atoms with van der Waals surface area (Å²) < 4.78 is 23.6. The Bertz CT molecular complexity index is 1140. The standard InChI is InChI=1S/C19H21N3O3S4/c1-3-22(13-6-8-29(24,25)11-13)16(23)10-28-19-17-14(15-5-4-7-26-15)9-27-18(17)20-12(2)21-19/h4-5,7,9,13H,3,6,8,10-11H2,1-2H3/t13-/m1/s1. The maximum absolute atomic E-state index is 12.9. The Morgan fingerprint density at radius 1 is 1.34 bits per heavy atom. The lowest BCUT2D eigenvalue weighted by atomic mass is 10.2. The fourth-order valence-electron chi connectivity index (χ4n) is 3.60. The van der Waals surface area contributed by atoms with Crippen molar-refractivity contribution in [3.8, 4) is 10.4 Å². The highest BCUT2D eigenvalue weighted by Crippen LogP contribution is 2.40. The third-order valence-corrected chi connectivity index (χ3v) is 9.43. The van der Waals surface area contributed by atoms with Gasteiger partial charge in [-0.1, -0.05) is 17.8 Å². The van der Waals surface area contributed by atoms with Crippen molar-refractivity contribution < 1.29 is 13.2 Å². The first-order valence-electron chi connectivity index (χ1n) is 9.30. The number of carbonyl (C=O) groups is 1. The molecule has 1 atom stereocenters.